The lowest BCUT2D eigenvalue weighted by molar-refractivity contribution is -0.877. The number of hydrogen-bond donors (Lipinski definition) is 1. The first-order valence-corrected chi connectivity index (χ1v) is 29.9. The van der Waals surface area contributed by atoms with E-state index in [4.69, 9.17) is 9.47 Å². The quantitative estimate of drug-likeness (QED) is 0.0284. The van der Waals surface area contributed by atoms with Crippen LogP contribution in [0.3, 0.4) is 0 Å². The van der Waals surface area contributed by atoms with Gasteiger partial charge in [0.25, 0.3) is 0 Å². The Bertz CT molecular complexity index is 1100. The average molecular weight is 971 g/mol. The number of ether oxygens (including phenoxy) is 2. The van der Waals surface area contributed by atoms with Gasteiger partial charge in [-0.05, 0) is 96.3 Å². The molecule has 0 spiro atoms. The molecule has 0 aliphatic carbocycles. The zero-order valence-corrected chi connectivity index (χ0v) is 47.0. The summed E-state index contributed by atoms with van der Waals surface area (Å²) in [5.41, 5.74) is -0.729. The lowest BCUT2D eigenvalue weighted by Crippen LogP contribution is -2.55. The molecule has 69 heavy (non-hydrogen) atoms. The molecule has 0 aliphatic rings. The predicted octanol–water partition coefficient (Wildman–Crippen LogP) is 18.0. The molecule has 0 radical (unpaired) electrons. The molecule has 0 bridgehead atoms. The molecular weight excluding hydrogens is 853 g/mol. The van der Waals surface area contributed by atoms with Gasteiger partial charge in [-0.1, -0.05) is 211 Å². The van der Waals surface area contributed by atoms with Crippen molar-refractivity contribution < 1.29 is 28.3 Å². The van der Waals surface area contributed by atoms with Crippen LogP contribution in [0.2, 0.25) is 0 Å². The molecule has 1 unspecified atom stereocenters. The third-order valence-electron chi connectivity index (χ3n) is 13.5. The largest absolute Gasteiger partial charge is 0.465 e. The van der Waals surface area contributed by atoms with Gasteiger partial charge in [-0.15, -0.1) is 0 Å². The Hall–Kier alpha value is -2.41. The summed E-state index contributed by atoms with van der Waals surface area (Å²) in [6, 6.07) is 0. The molecule has 7 heteroatoms. The molecule has 0 aromatic heterocycles. The van der Waals surface area contributed by atoms with Gasteiger partial charge in [0.1, 0.15) is 18.6 Å². The standard InChI is InChI=1S/C62H116N2O5/c1-7-10-13-16-19-22-25-28-31-34-37-40-43-46-49-52-59(65)63-55-62(56-64(4,5)6,57-68-60(66)53-50-47-44-41-38-35-32-29-26-23-20-17-14-11-8-2)58-69-61(67)54-51-48-45-42-39-36-33-30-27-24-21-18-15-12-9-3/h28-33H,7-27,34-58H2,1-6H3/p+1/b31-28-,32-29-,33-30?. The Morgan fingerprint density at radius 2 is 0.638 bits per heavy atom. The normalized spacial score (nSPS) is 13.0. The summed E-state index contributed by atoms with van der Waals surface area (Å²) in [6.07, 6.45) is 62.8. The summed E-state index contributed by atoms with van der Waals surface area (Å²) >= 11 is 0. The molecule has 0 rings (SSSR count). The van der Waals surface area contributed by atoms with Crippen LogP contribution in [0.5, 0.6) is 0 Å². The molecule has 404 valence electrons. The number of carbonyl (C=O) groups is 3. The Labute approximate surface area is 429 Å². The number of nitrogens with one attached hydrogen (secondary N) is 1. The first-order valence-electron chi connectivity index (χ1n) is 29.9. The first kappa shape index (κ1) is 66.6. The molecule has 0 heterocycles. The Morgan fingerprint density at radius 1 is 0.377 bits per heavy atom. The third-order valence-corrected chi connectivity index (χ3v) is 13.5. The molecule has 7 nitrogen and oxygen atoms in total. The van der Waals surface area contributed by atoms with Crippen molar-refractivity contribution >= 4 is 17.8 Å². The van der Waals surface area contributed by atoms with E-state index in [0.717, 1.165) is 77.0 Å². The highest BCUT2D eigenvalue weighted by Gasteiger charge is 2.40. The van der Waals surface area contributed by atoms with Crippen LogP contribution >= 0.6 is 0 Å². The lowest BCUT2D eigenvalue weighted by atomic mass is 9.88. The van der Waals surface area contributed by atoms with Gasteiger partial charge < -0.3 is 19.3 Å². The Kier molecular flexibility index (Phi) is 48.8. The van der Waals surface area contributed by atoms with Crippen molar-refractivity contribution in [1.29, 1.82) is 0 Å². The Morgan fingerprint density at radius 3 is 0.928 bits per heavy atom. The fourth-order valence-corrected chi connectivity index (χ4v) is 9.32. The van der Waals surface area contributed by atoms with Crippen molar-refractivity contribution in [3.05, 3.63) is 36.5 Å². The summed E-state index contributed by atoms with van der Waals surface area (Å²) in [6.45, 7) is 7.91. The van der Waals surface area contributed by atoms with Crippen molar-refractivity contribution in [2.45, 2.75) is 290 Å². The number of allylic oxidation sites excluding steroid dienone is 6. The second-order valence-electron chi connectivity index (χ2n) is 22.0. The summed E-state index contributed by atoms with van der Waals surface area (Å²) in [5, 5.41) is 3.19. The van der Waals surface area contributed by atoms with E-state index in [-0.39, 0.29) is 31.1 Å². The number of esters is 2. The number of amides is 1. The van der Waals surface area contributed by atoms with Crippen molar-refractivity contribution in [3.63, 3.8) is 0 Å². The van der Waals surface area contributed by atoms with Crippen molar-refractivity contribution in [2.24, 2.45) is 5.41 Å². The van der Waals surface area contributed by atoms with Gasteiger partial charge in [-0.2, -0.15) is 0 Å². The second kappa shape index (κ2) is 50.5. The fraction of sp³-hybridized carbons (Fsp3) is 0.855. The molecule has 0 saturated heterocycles. The monoisotopic (exact) mass is 970 g/mol. The van der Waals surface area contributed by atoms with E-state index in [2.05, 4.69) is 83.7 Å². The third kappa shape index (κ3) is 50.3. The van der Waals surface area contributed by atoms with E-state index < -0.39 is 5.41 Å². The number of quaternary nitrogens is 1. The van der Waals surface area contributed by atoms with Gasteiger partial charge in [0.2, 0.25) is 5.91 Å². The zero-order chi connectivity index (χ0) is 50.6. The molecule has 0 saturated carbocycles. The van der Waals surface area contributed by atoms with Gasteiger partial charge in [-0.25, -0.2) is 0 Å². The van der Waals surface area contributed by atoms with E-state index in [9.17, 15) is 14.4 Å². The van der Waals surface area contributed by atoms with E-state index in [0.29, 0.717) is 36.8 Å². The summed E-state index contributed by atoms with van der Waals surface area (Å²) < 4.78 is 12.6. The van der Waals surface area contributed by atoms with E-state index in [1.165, 1.54) is 173 Å². The number of nitrogens with zero attached hydrogens (tertiary/aromatic N) is 1. The molecular formula is C62H117N2O5+. The molecule has 1 amide bonds. The molecule has 0 aromatic carbocycles. The molecule has 0 fully saturated rings. The number of hydrogen-bond acceptors (Lipinski definition) is 5. The maximum Gasteiger partial charge on any atom is 0.305 e. The first-order chi connectivity index (χ1) is 33.6. The smallest absolute Gasteiger partial charge is 0.305 e. The van der Waals surface area contributed by atoms with Crippen LogP contribution in [0.1, 0.15) is 290 Å². The van der Waals surface area contributed by atoms with E-state index in [1.807, 2.05) is 0 Å². The topological polar surface area (TPSA) is 81.7 Å². The van der Waals surface area contributed by atoms with Crippen LogP contribution in [0.4, 0.5) is 0 Å². The van der Waals surface area contributed by atoms with Crippen LogP contribution in [-0.4, -0.2) is 69.8 Å². The van der Waals surface area contributed by atoms with Crippen LogP contribution in [-0.2, 0) is 23.9 Å². The highest BCUT2D eigenvalue weighted by Crippen LogP contribution is 2.24. The van der Waals surface area contributed by atoms with Crippen LogP contribution in [0, 0.1) is 5.41 Å². The van der Waals surface area contributed by atoms with Gasteiger partial charge >= 0.3 is 11.9 Å². The minimum absolute atomic E-state index is 0.0117. The van der Waals surface area contributed by atoms with E-state index >= 15 is 0 Å². The maximum atomic E-state index is 13.3. The number of unbranched alkanes of at least 4 members (excludes halogenated alkanes) is 33. The number of rotatable bonds is 53. The maximum absolute atomic E-state index is 13.3. The van der Waals surface area contributed by atoms with Crippen LogP contribution < -0.4 is 5.32 Å². The van der Waals surface area contributed by atoms with Crippen molar-refractivity contribution in [1.82, 2.24) is 5.32 Å². The van der Waals surface area contributed by atoms with Gasteiger partial charge in [0, 0.05) is 25.8 Å². The average Bonchev–Trinajstić information content (AvgIpc) is 3.32. The molecule has 1 atom stereocenters. The van der Waals surface area contributed by atoms with Crippen molar-refractivity contribution in [2.75, 3.05) is 47.4 Å². The van der Waals surface area contributed by atoms with Crippen LogP contribution in [0.25, 0.3) is 0 Å². The van der Waals surface area contributed by atoms with Gasteiger partial charge in [0.15, 0.2) is 0 Å². The second-order valence-corrected chi connectivity index (χ2v) is 22.0. The summed E-state index contributed by atoms with van der Waals surface area (Å²) in [7, 11) is 6.30. The van der Waals surface area contributed by atoms with Gasteiger partial charge in [-0.3, -0.25) is 14.4 Å². The predicted molar refractivity (Wildman–Crippen MR) is 299 cm³/mol. The zero-order valence-electron chi connectivity index (χ0n) is 47.0. The molecule has 0 aromatic rings. The van der Waals surface area contributed by atoms with E-state index in [1.54, 1.807) is 0 Å². The Balaban J connectivity index is 4.94. The minimum Gasteiger partial charge on any atom is -0.465 e. The molecule has 0 aliphatic heterocycles. The summed E-state index contributed by atoms with van der Waals surface area (Å²) in [4.78, 5) is 39.6. The fourth-order valence-electron chi connectivity index (χ4n) is 9.32. The van der Waals surface area contributed by atoms with Crippen molar-refractivity contribution in [3.8, 4) is 0 Å². The van der Waals surface area contributed by atoms with Crippen LogP contribution in [0.15, 0.2) is 36.5 Å². The van der Waals surface area contributed by atoms with Gasteiger partial charge in [0.05, 0.1) is 27.7 Å². The number of carbonyl (C=O) groups excluding carboxylic acids is 3. The summed E-state index contributed by atoms with van der Waals surface area (Å²) in [5.74, 6) is -0.409. The highest BCUT2D eigenvalue weighted by atomic mass is 16.5. The minimum atomic E-state index is -0.729. The highest BCUT2D eigenvalue weighted by molar-refractivity contribution is 5.76. The SMILES string of the molecule is CCCCCCCCC=CCCCCCCCC(=O)OCC(CNC(=O)CCCCCCC/C=C\CCCCCCCC)(COC(=O)CCCCCCC/C=C\CCCCCCCC)C[N+](C)(C)C. The lowest BCUT2D eigenvalue weighted by Gasteiger charge is -2.38. The molecule has 1 N–H and O–H groups in total.